The Hall–Kier alpha value is -1.65. The molecule has 1 N–H and O–H groups in total. The van der Waals surface area contributed by atoms with Crippen molar-refractivity contribution in [2.75, 3.05) is 26.7 Å². The van der Waals surface area contributed by atoms with E-state index >= 15 is 0 Å². The van der Waals surface area contributed by atoms with Crippen LogP contribution in [0.5, 0.6) is 5.75 Å². The minimum atomic E-state index is -0.452. The van der Waals surface area contributed by atoms with Crippen LogP contribution in [0.25, 0.3) is 10.9 Å². The SMILES string of the molecule is CCCCCCN1CC[C@@H](CCC(O)c2ccnc3ccc(OC)cc23)[C@@H](CC)C1. The van der Waals surface area contributed by atoms with Crippen molar-refractivity contribution in [3.63, 3.8) is 0 Å². The molecule has 3 rings (SSSR count). The average Bonchev–Trinajstić information content (AvgIpc) is 2.79. The number of pyridine rings is 1. The van der Waals surface area contributed by atoms with Crippen molar-refractivity contribution in [2.45, 2.75) is 71.3 Å². The molecule has 166 valence electrons. The van der Waals surface area contributed by atoms with Crippen molar-refractivity contribution in [1.29, 1.82) is 0 Å². The Labute approximate surface area is 182 Å². The fourth-order valence-electron chi connectivity index (χ4n) is 5.06. The Morgan fingerprint density at radius 3 is 2.80 bits per heavy atom. The number of likely N-dealkylation sites (tertiary alicyclic amines) is 1. The minimum absolute atomic E-state index is 0.452. The van der Waals surface area contributed by atoms with E-state index < -0.39 is 6.10 Å². The van der Waals surface area contributed by atoms with Gasteiger partial charge in [0.1, 0.15) is 5.75 Å². The molecule has 0 radical (unpaired) electrons. The number of piperidine rings is 1. The maximum Gasteiger partial charge on any atom is 0.119 e. The molecule has 1 saturated heterocycles. The fourth-order valence-corrected chi connectivity index (χ4v) is 5.06. The Balaban J connectivity index is 1.57. The number of aliphatic hydroxyl groups is 1. The summed E-state index contributed by atoms with van der Waals surface area (Å²) in [7, 11) is 1.68. The van der Waals surface area contributed by atoms with Crippen LogP contribution in [0.2, 0.25) is 0 Å². The number of hydrogen-bond donors (Lipinski definition) is 1. The van der Waals surface area contributed by atoms with Gasteiger partial charge >= 0.3 is 0 Å². The molecule has 4 heteroatoms. The van der Waals surface area contributed by atoms with Crippen LogP contribution >= 0.6 is 0 Å². The van der Waals surface area contributed by atoms with Gasteiger partial charge in [-0.25, -0.2) is 0 Å². The predicted octanol–water partition coefficient (Wildman–Crippen LogP) is 5.99. The molecule has 0 aliphatic carbocycles. The second-order valence-electron chi connectivity index (χ2n) is 8.95. The van der Waals surface area contributed by atoms with Crippen molar-refractivity contribution in [3.05, 3.63) is 36.0 Å². The van der Waals surface area contributed by atoms with Crippen LogP contribution in [-0.2, 0) is 0 Å². The van der Waals surface area contributed by atoms with Gasteiger partial charge in [0.05, 0.1) is 18.7 Å². The summed E-state index contributed by atoms with van der Waals surface area (Å²) >= 11 is 0. The van der Waals surface area contributed by atoms with Gasteiger partial charge in [0.15, 0.2) is 0 Å². The zero-order chi connectivity index (χ0) is 21.3. The zero-order valence-corrected chi connectivity index (χ0v) is 19.1. The van der Waals surface area contributed by atoms with Gasteiger partial charge < -0.3 is 14.7 Å². The van der Waals surface area contributed by atoms with Crippen LogP contribution < -0.4 is 4.74 Å². The molecule has 1 aromatic carbocycles. The second-order valence-corrected chi connectivity index (χ2v) is 8.95. The van der Waals surface area contributed by atoms with E-state index in [1.54, 1.807) is 13.3 Å². The van der Waals surface area contributed by atoms with Crippen molar-refractivity contribution in [3.8, 4) is 5.75 Å². The number of methoxy groups -OCH3 is 1. The lowest BCUT2D eigenvalue weighted by Crippen LogP contribution is -2.40. The highest BCUT2D eigenvalue weighted by Crippen LogP contribution is 2.34. The van der Waals surface area contributed by atoms with E-state index in [0.29, 0.717) is 0 Å². The standard InChI is InChI=1S/C26H40N2O2/c1-4-6-7-8-16-28-17-14-21(20(5-2)19-28)9-12-26(29)23-13-15-27-25-11-10-22(30-3)18-24(23)25/h10-11,13,15,18,20-21,26,29H,4-9,12,14,16-17,19H2,1-3H3/t20-,21+,26?/m0/s1. The van der Waals surface area contributed by atoms with Crippen LogP contribution in [0.4, 0.5) is 0 Å². The average molecular weight is 413 g/mol. The lowest BCUT2D eigenvalue weighted by Gasteiger charge is -2.39. The Kier molecular flexibility index (Phi) is 8.95. The van der Waals surface area contributed by atoms with E-state index in [0.717, 1.165) is 46.9 Å². The van der Waals surface area contributed by atoms with E-state index in [-0.39, 0.29) is 0 Å². The first kappa shape index (κ1) is 23.0. The van der Waals surface area contributed by atoms with Crippen LogP contribution in [0.15, 0.2) is 30.5 Å². The quantitative estimate of drug-likeness (QED) is 0.461. The number of unbranched alkanes of at least 4 members (excludes halogenated alkanes) is 3. The molecule has 0 saturated carbocycles. The van der Waals surface area contributed by atoms with Crippen LogP contribution in [0, 0.1) is 11.8 Å². The monoisotopic (exact) mass is 412 g/mol. The molecular formula is C26H40N2O2. The molecule has 3 atom stereocenters. The molecule has 2 heterocycles. The Bertz CT molecular complexity index is 779. The smallest absolute Gasteiger partial charge is 0.119 e. The third kappa shape index (κ3) is 5.95. The molecule has 4 nitrogen and oxygen atoms in total. The summed E-state index contributed by atoms with van der Waals surface area (Å²) in [6.07, 6.45) is 11.1. The summed E-state index contributed by atoms with van der Waals surface area (Å²) < 4.78 is 5.38. The molecule has 1 unspecified atom stereocenters. The molecular weight excluding hydrogens is 372 g/mol. The molecule has 1 aromatic heterocycles. The number of aliphatic hydroxyl groups excluding tert-OH is 1. The van der Waals surface area contributed by atoms with Crippen LogP contribution in [-0.4, -0.2) is 41.7 Å². The molecule has 1 aliphatic rings. The summed E-state index contributed by atoms with van der Waals surface area (Å²) in [5.41, 5.74) is 1.88. The van der Waals surface area contributed by atoms with Crippen LogP contribution in [0.3, 0.4) is 0 Å². The summed E-state index contributed by atoms with van der Waals surface area (Å²) in [6, 6.07) is 7.84. The van der Waals surface area contributed by atoms with Gasteiger partial charge in [-0.15, -0.1) is 0 Å². The first-order valence-electron chi connectivity index (χ1n) is 12.0. The molecule has 30 heavy (non-hydrogen) atoms. The van der Waals surface area contributed by atoms with Crippen molar-refractivity contribution < 1.29 is 9.84 Å². The van der Waals surface area contributed by atoms with Gasteiger partial charge in [-0.05, 0) is 80.4 Å². The Morgan fingerprint density at radius 2 is 2.03 bits per heavy atom. The summed E-state index contributed by atoms with van der Waals surface area (Å²) in [4.78, 5) is 7.13. The molecule has 2 aromatic rings. The largest absolute Gasteiger partial charge is 0.497 e. The number of nitrogens with zero attached hydrogens (tertiary/aromatic N) is 2. The highest BCUT2D eigenvalue weighted by molar-refractivity contribution is 5.83. The molecule has 0 spiro atoms. The van der Waals surface area contributed by atoms with Gasteiger partial charge in [-0.3, -0.25) is 4.98 Å². The lowest BCUT2D eigenvalue weighted by molar-refractivity contribution is 0.0903. The number of rotatable bonds is 11. The highest BCUT2D eigenvalue weighted by Gasteiger charge is 2.28. The number of aromatic nitrogens is 1. The summed E-state index contributed by atoms with van der Waals surface area (Å²) in [5, 5.41) is 12.0. The maximum atomic E-state index is 11.0. The lowest BCUT2D eigenvalue weighted by atomic mass is 9.80. The normalized spacial score (nSPS) is 21.1. The van der Waals surface area contributed by atoms with Crippen LogP contribution in [0.1, 0.15) is 76.9 Å². The third-order valence-corrected chi connectivity index (χ3v) is 6.98. The van der Waals surface area contributed by atoms with Gasteiger partial charge in [0.25, 0.3) is 0 Å². The van der Waals surface area contributed by atoms with E-state index in [1.807, 2.05) is 24.3 Å². The molecule has 1 aliphatic heterocycles. The number of hydrogen-bond acceptors (Lipinski definition) is 4. The molecule has 1 fully saturated rings. The van der Waals surface area contributed by atoms with Gasteiger partial charge in [-0.2, -0.15) is 0 Å². The van der Waals surface area contributed by atoms with Gasteiger partial charge in [0.2, 0.25) is 0 Å². The van der Waals surface area contributed by atoms with Crippen molar-refractivity contribution in [2.24, 2.45) is 11.8 Å². The Morgan fingerprint density at radius 1 is 1.17 bits per heavy atom. The van der Waals surface area contributed by atoms with E-state index in [9.17, 15) is 5.11 Å². The second kappa shape index (κ2) is 11.7. The minimum Gasteiger partial charge on any atom is -0.497 e. The fraction of sp³-hybridized carbons (Fsp3) is 0.654. The topological polar surface area (TPSA) is 45.6 Å². The molecule has 0 amide bonds. The number of fused-ring (bicyclic) bond motifs is 1. The predicted molar refractivity (Wildman–Crippen MR) is 125 cm³/mol. The number of benzene rings is 1. The van der Waals surface area contributed by atoms with E-state index in [4.69, 9.17) is 4.74 Å². The van der Waals surface area contributed by atoms with Crippen molar-refractivity contribution in [1.82, 2.24) is 9.88 Å². The molecule has 0 bridgehead atoms. The third-order valence-electron chi connectivity index (χ3n) is 6.98. The zero-order valence-electron chi connectivity index (χ0n) is 19.1. The van der Waals surface area contributed by atoms with Gasteiger partial charge in [0, 0.05) is 18.1 Å². The van der Waals surface area contributed by atoms with Gasteiger partial charge in [-0.1, -0.05) is 39.5 Å². The summed E-state index contributed by atoms with van der Waals surface area (Å²) in [6.45, 7) is 8.32. The number of ether oxygens (including phenoxy) is 1. The van der Waals surface area contributed by atoms with E-state index in [1.165, 1.54) is 58.2 Å². The first-order chi connectivity index (χ1) is 14.7. The van der Waals surface area contributed by atoms with Crippen molar-refractivity contribution >= 4 is 10.9 Å². The first-order valence-corrected chi connectivity index (χ1v) is 12.0. The summed E-state index contributed by atoms with van der Waals surface area (Å²) in [5.74, 6) is 2.28. The maximum absolute atomic E-state index is 11.0. The highest BCUT2D eigenvalue weighted by atomic mass is 16.5. The van der Waals surface area contributed by atoms with E-state index in [2.05, 4.69) is 23.7 Å².